The van der Waals surface area contributed by atoms with E-state index in [0.29, 0.717) is 21.3 Å². The van der Waals surface area contributed by atoms with Crippen LogP contribution in [-0.2, 0) is 9.63 Å². The van der Waals surface area contributed by atoms with Crippen molar-refractivity contribution in [1.29, 1.82) is 0 Å². The SMILES string of the molecule is O=C1ON=C(c2ccc(Cl)cc2)/C1=C/c1cc(Cl)cc(Cl)c1O. The van der Waals surface area contributed by atoms with Crippen LogP contribution in [0, 0.1) is 0 Å². The van der Waals surface area contributed by atoms with Gasteiger partial charge < -0.3 is 9.94 Å². The van der Waals surface area contributed by atoms with Crippen molar-refractivity contribution in [3.63, 3.8) is 0 Å². The number of carbonyl (C=O) groups is 1. The zero-order chi connectivity index (χ0) is 16.6. The van der Waals surface area contributed by atoms with Crippen molar-refractivity contribution in [1.82, 2.24) is 0 Å². The summed E-state index contributed by atoms with van der Waals surface area (Å²) < 4.78 is 0. The Balaban J connectivity index is 2.08. The van der Waals surface area contributed by atoms with Crippen LogP contribution in [0.4, 0.5) is 0 Å². The van der Waals surface area contributed by atoms with Crippen LogP contribution in [-0.4, -0.2) is 16.8 Å². The molecule has 7 heteroatoms. The molecule has 0 radical (unpaired) electrons. The Kier molecular flexibility index (Phi) is 4.31. The minimum atomic E-state index is -0.634. The van der Waals surface area contributed by atoms with E-state index in [-0.39, 0.29) is 21.9 Å². The average Bonchev–Trinajstić information content (AvgIpc) is 2.86. The molecule has 4 nitrogen and oxygen atoms in total. The summed E-state index contributed by atoms with van der Waals surface area (Å²) in [6.45, 7) is 0. The van der Waals surface area contributed by atoms with E-state index >= 15 is 0 Å². The van der Waals surface area contributed by atoms with Gasteiger partial charge in [-0.3, -0.25) is 0 Å². The van der Waals surface area contributed by atoms with Crippen molar-refractivity contribution in [2.24, 2.45) is 5.16 Å². The summed E-state index contributed by atoms with van der Waals surface area (Å²) in [6.07, 6.45) is 1.43. The number of benzene rings is 2. The Morgan fingerprint density at radius 1 is 1.04 bits per heavy atom. The number of nitrogens with zero attached hydrogens (tertiary/aromatic N) is 1. The van der Waals surface area contributed by atoms with Gasteiger partial charge in [-0.05, 0) is 30.3 Å². The van der Waals surface area contributed by atoms with Crippen molar-refractivity contribution >= 4 is 52.6 Å². The van der Waals surface area contributed by atoms with Gasteiger partial charge in [0.05, 0.1) is 10.6 Å². The Morgan fingerprint density at radius 3 is 2.43 bits per heavy atom. The Labute approximate surface area is 146 Å². The van der Waals surface area contributed by atoms with Crippen LogP contribution in [0.5, 0.6) is 5.75 Å². The molecule has 3 rings (SSSR count). The molecule has 1 aliphatic heterocycles. The van der Waals surface area contributed by atoms with Gasteiger partial charge >= 0.3 is 5.97 Å². The number of hydrogen-bond donors (Lipinski definition) is 1. The van der Waals surface area contributed by atoms with Crippen LogP contribution >= 0.6 is 34.8 Å². The number of aromatic hydroxyl groups is 1. The lowest BCUT2D eigenvalue weighted by Gasteiger charge is -2.05. The minimum Gasteiger partial charge on any atom is -0.506 e. The van der Waals surface area contributed by atoms with Gasteiger partial charge in [-0.2, -0.15) is 0 Å². The van der Waals surface area contributed by atoms with Crippen LogP contribution in [0.3, 0.4) is 0 Å². The van der Waals surface area contributed by atoms with Crippen molar-refractivity contribution in [3.8, 4) is 5.75 Å². The van der Waals surface area contributed by atoms with E-state index in [1.54, 1.807) is 24.3 Å². The monoisotopic (exact) mass is 367 g/mol. The highest BCUT2D eigenvalue weighted by Crippen LogP contribution is 2.33. The number of phenolic OH excluding ortho intramolecular Hbond substituents is 1. The molecule has 0 aliphatic carbocycles. The number of oxime groups is 1. The second-order valence-corrected chi connectivity index (χ2v) is 5.99. The fourth-order valence-corrected chi connectivity index (χ4v) is 2.71. The standard InChI is InChI=1S/C16H8Cl3NO3/c17-10-3-1-8(2-4-10)14-12(16(22)23-20-14)6-9-5-11(18)7-13(19)15(9)21/h1-7,21H/b12-6-. The molecule has 0 aromatic heterocycles. The summed E-state index contributed by atoms with van der Waals surface area (Å²) in [5.41, 5.74) is 1.46. The molecule has 1 heterocycles. The highest BCUT2D eigenvalue weighted by Gasteiger charge is 2.27. The van der Waals surface area contributed by atoms with Gasteiger partial charge in [-0.25, -0.2) is 4.79 Å². The summed E-state index contributed by atoms with van der Waals surface area (Å²) in [5, 5.41) is 14.8. The Hall–Kier alpha value is -2.01. The van der Waals surface area contributed by atoms with Crippen LogP contribution in [0.1, 0.15) is 11.1 Å². The number of halogens is 3. The molecule has 23 heavy (non-hydrogen) atoms. The first-order chi connectivity index (χ1) is 11.0. The lowest BCUT2D eigenvalue weighted by atomic mass is 10.0. The average molecular weight is 369 g/mol. The highest BCUT2D eigenvalue weighted by molar-refractivity contribution is 6.36. The van der Waals surface area contributed by atoms with Crippen LogP contribution in [0.2, 0.25) is 15.1 Å². The van der Waals surface area contributed by atoms with Crippen molar-refractivity contribution in [2.75, 3.05) is 0 Å². The van der Waals surface area contributed by atoms with E-state index in [1.807, 2.05) is 0 Å². The van der Waals surface area contributed by atoms with Gasteiger partial charge in [0, 0.05) is 21.2 Å². The maximum Gasteiger partial charge on any atom is 0.368 e. The summed E-state index contributed by atoms with van der Waals surface area (Å²) in [6, 6.07) is 9.66. The highest BCUT2D eigenvalue weighted by atomic mass is 35.5. The quantitative estimate of drug-likeness (QED) is 0.617. The molecule has 0 amide bonds. The van der Waals surface area contributed by atoms with E-state index in [4.69, 9.17) is 39.6 Å². The Morgan fingerprint density at radius 2 is 1.74 bits per heavy atom. The van der Waals surface area contributed by atoms with E-state index in [9.17, 15) is 9.90 Å². The molecule has 0 atom stereocenters. The molecule has 2 aromatic carbocycles. The third-order valence-electron chi connectivity index (χ3n) is 3.17. The maximum absolute atomic E-state index is 11.9. The van der Waals surface area contributed by atoms with Gasteiger partial charge in [0.2, 0.25) is 0 Å². The molecule has 0 unspecified atom stereocenters. The first kappa shape index (κ1) is 15.9. The second-order valence-electron chi connectivity index (χ2n) is 4.71. The molecule has 116 valence electrons. The largest absolute Gasteiger partial charge is 0.506 e. The van der Waals surface area contributed by atoms with Crippen molar-refractivity contribution in [2.45, 2.75) is 0 Å². The van der Waals surface area contributed by atoms with Crippen LogP contribution in [0.25, 0.3) is 6.08 Å². The predicted molar refractivity (Wildman–Crippen MR) is 90.2 cm³/mol. The zero-order valence-electron chi connectivity index (χ0n) is 11.4. The third-order valence-corrected chi connectivity index (χ3v) is 3.93. The fourth-order valence-electron chi connectivity index (χ4n) is 2.08. The van der Waals surface area contributed by atoms with Gasteiger partial charge in [0.15, 0.2) is 0 Å². The molecule has 1 N–H and O–H groups in total. The Bertz CT molecular complexity index is 858. The molecular weight excluding hydrogens is 361 g/mol. The second kappa shape index (κ2) is 6.24. The molecule has 0 bridgehead atoms. The van der Waals surface area contributed by atoms with E-state index < -0.39 is 5.97 Å². The minimum absolute atomic E-state index is 0.0840. The first-order valence-corrected chi connectivity index (χ1v) is 7.54. The van der Waals surface area contributed by atoms with Gasteiger partial charge in [0.25, 0.3) is 0 Å². The molecule has 1 aliphatic rings. The van der Waals surface area contributed by atoms with Crippen LogP contribution < -0.4 is 0 Å². The van der Waals surface area contributed by atoms with E-state index in [2.05, 4.69) is 5.16 Å². The lowest BCUT2D eigenvalue weighted by molar-refractivity contribution is -0.136. The van der Waals surface area contributed by atoms with E-state index in [0.717, 1.165) is 0 Å². The number of carbonyl (C=O) groups excluding carboxylic acids is 1. The topological polar surface area (TPSA) is 58.9 Å². The molecule has 0 fully saturated rings. The number of rotatable bonds is 2. The first-order valence-electron chi connectivity index (χ1n) is 6.41. The van der Waals surface area contributed by atoms with Crippen molar-refractivity contribution < 1.29 is 14.7 Å². The zero-order valence-corrected chi connectivity index (χ0v) is 13.7. The maximum atomic E-state index is 11.9. The van der Waals surface area contributed by atoms with E-state index in [1.165, 1.54) is 18.2 Å². The molecule has 0 spiro atoms. The summed E-state index contributed by atoms with van der Waals surface area (Å²) in [7, 11) is 0. The summed E-state index contributed by atoms with van der Waals surface area (Å²) >= 11 is 17.7. The molecule has 0 saturated carbocycles. The van der Waals surface area contributed by atoms with Gasteiger partial charge in [0.1, 0.15) is 11.5 Å². The molecule has 2 aromatic rings. The summed E-state index contributed by atoms with van der Waals surface area (Å²) in [4.78, 5) is 16.7. The number of hydrogen-bond acceptors (Lipinski definition) is 4. The fraction of sp³-hybridized carbons (Fsp3) is 0. The third kappa shape index (κ3) is 3.20. The van der Waals surface area contributed by atoms with Gasteiger partial charge in [-0.1, -0.05) is 52.1 Å². The van der Waals surface area contributed by atoms with Crippen molar-refractivity contribution in [3.05, 3.63) is 68.2 Å². The summed E-state index contributed by atoms with van der Waals surface area (Å²) in [5.74, 6) is -0.816. The lowest BCUT2D eigenvalue weighted by Crippen LogP contribution is -2.06. The predicted octanol–water partition coefficient (Wildman–Crippen LogP) is 4.70. The normalized spacial score (nSPS) is 15.7. The van der Waals surface area contributed by atoms with Gasteiger partial charge in [-0.15, -0.1) is 0 Å². The van der Waals surface area contributed by atoms with Crippen LogP contribution in [0.15, 0.2) is 47.1 Å². The molecule has 0 saturated heterocycles. The smallest absolute Gasteiger partial charge is 0.368 e. The molecular formula is C16H8Cl3NO3. The number of phenols is 1.